The second kappa shape index (κ2) is 2.69. The molecule has 5 heteroatoms. The Hall–Kier alpha value is -1.39. The molecule has 0 unspecified atom stereocenters. The van der Waals surface area contributed by atoms with Crippen molar-refractivity contribution in [2.24, 2.45) is 7.05 Å². The van der Waals surface area contributed by atoms with E-state index in [1.165, 1.54) is 7.11 Å². The normalized spacial score (nSPS) is 9.73. The molecule has 60 valence electrons. The number of hydrogen-bond donors (Lipinski definition) is 1. The lowest BCUT2D eigenvalue weighted by molar-refractivity contribution is -0.669. The summed E-state index contributed by atoms with van der Waals surface area (Å²) in [4.78, 5) is 7.86. The Balaban J connectivity index is 3.21. The van der Waals surface area contributed by atoms with Gasteiger partial charge in [-0.3, -0.25) is 0 Å². The molecule has 2 N–H and O–H groups in total. The van der Waals surface area contributed by atoms with Crippen LogP contribution in [0.1, 0.15) is 5.82 Å². The first kappa shape index (κ1) is 7.71. The molecule has 0 aliphatic heterocycles. The van der Waals surface area contributed by atoms with E-state index in [1.807, 2.05) is 6.92 Å². The molecule has 1 heterocycles. The zero-order valence-electron chi connectivity index (χ0n) is 6.83. The maximum absolute atomic E-state index is 5.53. The number of aryl methyl sites for hydroxylation is 1. The molecule has 0 atom stereocenters. The molecule has 11 heavy (non-hydrogen) atoms. The first-order chi connectivity index (χ1) is 5.15. The lowest BCUT2D eigenvalue weighted by atomic mass is 10.6. The number of nitrogens with two attached hydrogens (primary N) is 1. The number of ether oxygens (including phenoxy) is 1. The van der Waals surface area contributed by atoms with Crippen LogP contribution in [0.2, 0.25) is 0 Å². The zero-order chi connectivity index (χ0) is 8.43. The highest BCUT2D eigenvalue weighted by molar-refractivity contribution is 5.09. The van der Waals surface area contributed by atoms with Crippen LogP contribution in [-0.2, 0) is 7.05 Å². The molecule has 0 spiro atoms. The Labute approximate surface area is 64.8 Å². The number of nitrogens with zero attached hydrogens (tertiary/aromatic N) is 3. The summed E-state index contributed by atoms with van der Waals surface area (Å²) in [7, 11) is 3.30. The van der Waals surface area contributed by atoms with Gasteiger partial charge < -0.3 is 10.5 Å². The third-order valence-corrected chi connectivity index (χ3v) is 1.48. The molecule has 0 bridgehead atoms. The standard InChI is InChI=1S/C6H10N4O/c1-4-8-6(11-3)9-5(7)10(4)2/h7H,1-3H3/p+1. The van der Waals surface area contributed by atoms with Gasteiger partial charge in [0.1, 0.15) is 0 Å². The van der Waals surface area contributed by atoms with Crippen LogP contribution in [0.5, 0.6) is 6.01 Å². The van der Waals surface area contributed by atoms with E-state index in [4.69, 9.17) is 10.5 Å². The molecule has 0 aromatic carbocycles. The van der Waals surface area contributed by atoms with Crippen molar-refractivity contribution in [3.05, 3.63) is 5.82 Å². The molecular formula is C6H11N4O+. The fraction of sp³-hybridized carbons (Fsp3) is 0.500. The van der Waals surface area contributed by atoms with Gasteiger partial charge in [0.05, 0.1) is 14.2 Å². The summed E-state index contributed by atoms with van der Waals surface area (Å²) in [5, 5.41) is 0. The minimum absolute atomic E-state index is 0.304. The third kappa shape index (κ3) is 1.36. The lowest BCUT2D eigenvalue weighted by Gasteiger charge is -1.98. The van der Waals surface area contributed by atoms with E-state index in [-0.39, 0.29) is 0 Å². The minimum atomic E-state index is 0.304. The number of anilines is 1. The lowest BCUT2D eigenvalue weighted by Crippen LogP contribution is -2.38. The van der Waals surface area contributed by atoms with Gasteiger partial charge in [-0.2, -0.15) is 0 Å². The van der Waals surface area contributed by atoms with Crippen LogP contribution in [0.15, 0.2) is 0 Å². The summed E-state index contributed by atoms with van der Waals surface area (Å²) in [6, 6.07) is 0.304. The quantitative estimate of drug-likeness (QED) is 0.539. The van der Waals surface area contributed by atoms with Crippen molar-refractivity contribution in [3.8, 4) is 6.01 Å². The number of hydrogen-bond acceptors (Lipinski definition) is 4. The van der Waals surface area contributed by atoms with Gasteiger partial charge in [-0.1, -0.05) is 4.98 Å². The predicted octanol–water partition coefficient (Wildman–Crippen LogP) is -0.800. The van der Waals surface area contributed by atoms with Crippen molar-refractivity contribution in [2.75, 3.05) is 12.8 Å². The highest BCUT2D eigenvalue weighted by atomic mass is 16.5. The van der Waals surface area contributed by atoms with Gasteiger partial charge in [-0.15, -0.1) is 0 Å². The number of rotatable bonds is 1. The summed E-state index contributed by atoms with van der Waals surface area (Å²) < 4.78 is 6.50. The second-order valence-electron chi connectivity index (χ2n) is 2.17. The maximum atomic E-state index is 5.53. The van der Waals surface area contributed by atoms with Crippen molar-refractivity contribution in [2.45, 2.75) is 6.92 Å². The summed E-state index contributed by atoms with van der Waals surface area (Å²) in [5.74, 6) is 1.17. The van der Waals surface area contributed by atoms with E-state index in [1.54, 1.807) is 11.6 Å². The van der Waals surface area contributed by atoms with Crippen LogP contribution in [0.3, 0.4) is 0 Å². The van der Waals surface area contributed by atoms with E-state index in [2.05, 4.69) is 9.97 Å². The van der Waals surface area contributed by atoms with E-state index in [9.17, 15) is 0 Å². The van der Waals surface area contributed by atoms with Gasteiger partial charge >= 0.3 is 12.0 Å². The van der Waals surface area contributed by atoms with Crippen molar-refractivity contribution >= 4 is 5.95 Å². The van der Waals surface area contributed by atoms with Crippen LogP contribution in [0, 0.1) is 6.92 Å². The van der Waals surface area contributed by atoms with E-state index in [0.717, 1.165) is 5.82 Å². The molecule has 1 rings (SSSR count). The fourth-order valence-corrected chi connectivity index (χ4v) is 0.668. The molecular weight excluding hydrogens is 144 g/mol. The van der Waals surface area contributed by atoms with Crippen LogP contribution >= 0.6 is 0 Å². The third-order valence-electron chi connectivity index (χ3n) is 1.48. The molecule has 0 aliphatic carbocycles. The molecule has 0 aliphatic rings. The Bertz CT molecular complexity index is 250. The van der Waals surface area contributed by atoms with Crippen molar-refractivity contribution in [1.82, 2.24) is 9.97 Å². The van der Waals surface area contributed by atoms with E-state index < -0.39 is 0 Å². The molecule has 1 aromatic heterocycles. The van der Waals surface area contributed by atoms with E-state index >= 15 is 0 Å². The van der Waals surface area contributed by atoms with Crippen molar-refractivity contribution in [1.29, 1.82) is 0 Å². The number of nitrogen functional groups attached to an aromatic ring is 1. The van der Waals surface area contributed by atoms with Crippen LogP contribution in [-0.4, -0.2) is 17.1 Å². The Morgan fingerprint density at radius 3 is 2.55 bits per heavy atom. The maximum Gasteiger partial charge on any atom is 0.436 e. The van der Waals surface area contributed by atoms with Crippen molar-refractivity contribution in [3.63, 3.8) is 0 Å². The molecule has 0 radical (unpaired) electrons. The van der Waals surface area contributed by atoms with Gasteiger partial charge in [0.2, 0.25) is 5.82 Å². The summed E-state index contributed by atoms with van der Waals surface area (Å²) in [6.07, 6.45) is 0. The zero-order valence-corrected chi connectivity index (χ0v) is 6.83. The SMILES string of the molecule is COc1nc(C)[n+](C)c(N)n1. The van der Waals surface area contributed by atoms with Gasteiger partial charge in [0.25, 0.3) is 0 Å². The summed E-state index contributed by atoms with van der Waals surface area (Å²) >= 11 is 0. The van der Waals surface area contributed by atoms with Crippen LogP contribution in [0.4, 0.5) is 5.95 Å². The van der Waals surface area contributed by atoms with Gasteiger partial charge in [-0.05, 0) is 4.98 Å². The molecule has 5 nitrogen and oxygen atoms in total. The molecule has 0 amide bonds. The Morgan fingerprint density at radius 1 is 1.45 bits per heavy atom. The number of aromatic nitrogens is 3. The second-order valence-corrected chi connectivity index (χ2v) is 2.17. The highest BCUT2D eigenvalue weighted by Crippen LogP contribution is 2.00. The Kier molecular flexibility index (Phi) is 1.89. The summed E-state index contributed by atoms with van der Waals surface area (Å²) in [6.45, 7) is 1.83. The predicted molar refractivity (Wildman–Crippen MR) is 38.9 cm³/mol. The van der Waals surface area contributed by atoms with Crippen molar-refractivity contribution < 1.29 is 9.30 Å². The number of methoxy groups -OCH3 is 1. The van der Waals surface area contributed by atoms with Crippen LogP contribution in [0.25, 0.3) is 0 Å². The van der Waals surface area contributed by atoms with E-state index in [0.29, 0.717) is 12.0 Å². The van der Waals surface area contributed by atoms with Gasteiger partial charge in [0.15, 0.2) is 0 Å². The minimum Gasteiger partial charge on any atom is -0.448 e. The highest BCUT2D eigenvalue weighted by Gasteiger charge is 2.11. The monoisotopic (exact) mass is 155 g/mol. The smallest absolute Gasteiger partial charge is 0.436 e. The topological polar surface area (TPSA) is 64.9 Å². The van der Waals surface area contributed by atoms with Gasteiger partial charge in [-0.25, -0.2) is 4.57 Å². The average Bonchev–Trinajstić information content (AvgIpc) is 1.99. The van der Waals surface area contributed by atoms with Gasteiger partial charge in [0, 0.05) is 6.92 Å². The molecule has 1 aromatic rings. The fourth-order valence-electron chi connectivity index (χ4n) is 0.668. The summed E-state index contributed by atoms with van der Waals surface area (Å²) in [5.41, 5.74) is 5.53. The average molecular weight is 155 g/mol. The first-order valence-electron chi connectivity index (χ1n) is 3.19. The molecule has 0 fully saturated rings. The largest absolute Gasteiger partial charge is 0.448 e. The van der Waals surface area contributed by atoms with Crippen LogP contribution < -0.4 is 15.0 Å². The molecule has 0 saturated heterocycles. The first-order valence-corrected chi connectivity index (χ1v) is 3.19. The Morgan fingerprint density at radius 2 is 2.09 bits per heavy atom. The molecule has 0 saturated carbocycles.